The van der Waals surface area contributed by atoms with Crippen LogP contribution in [-0.2, 0) is 9.59 Å². The number of hydrogen-bond acceptors (Lipinski definition) is 2. The summed E-state index contributed by atoms with van der Waals surface area (Å²) in [5.74, 6) is -0.882. The van der Waals surface area contributed by atoms with Crippen LogP contribution < -0.4 is 5.32 Å². The van der Waals surface area contributed by atoms with Gasteiger partial charge in [-0.2, -0.15) is 0 Å². The molecule has 1 amide bonds. The maximum absolute atomic E-state index is 12.0. The lowest BCUT2D eigenvalue weighted by Gasteiger charge is -2.09. The first kappa shape index (κ1) is 14.3. The zero-order chi connectivity index (χ0) is 14.9. The van der Waals surface area contributed by atoms with Crippen LogP contribution in [-0.4, -0.2) is 17.0 Å². The van der Waals surface area contributed by atoms with E-state index in [1.54, 1.807) is 6.07 Å². The third-order valence-electron chi connectivity index (χ3n) is 3.78. The average molecular weight is 273 g/mol. The summed E-state index contributed by atoms with van der Waals surface area (Å²) in [6.07, 6.45) is 3.54. The molecule has 1 aliphatic rings. The molecule has 4 nitrogen and oxygen atoms in total. The van der Waals surface area contributed by atoms with E-state index in [2.05, 4.69) is 19.2 Å². The summed E-state index contributed by atoms with van der Waals surface area (Å²) < 4.78 is 0. The molecule has 1 saturated carbocycles. The zero-order valence-electron chi connectivity index (χ0n) is 11.9. The highest BCUT2D eigenvalue weighted by Gasteiger charge is 2.50. The Morgan fingerprint density at radius 2 is 2.05 bits per heavy atom. The van der Waals surface area contributed by atoms with Gasteiger partial charge in [-0.15, -0.1) is 0 Å². The quantitative estimate of drug-likeness (QED) is 0.828. The first-order valence-corrected chi connectivity index (χ1v) is 6.62. The summed E-state index contributed by atoms with van der Waals surface area (Å²) in [6, 6.07) is 5.50. The molecule has 1 aromatic carbocycles. The van der Waals surface area contributed by atoms with Crippen LogP contribution in [0.1, 0.15) is 31.4 Å². The second-order valence-electron chi connectivity index (χ2n) is 5.98. The monoisotopic (exact) mass is 273 g/mol. The number of hydrogen-bond donors (Lipinski definition) is 2. The van der Waals surface area contributed by atoms with Gasteiger partial charge in [0.15, 0.2) is 0 Å². The second-order valence-corrected chi connectivity index (χ2v) is 5.98. The first-order chi connectivity index (χ1) is 9.29. The van der Waals surface area contributed by atoms with Crippen LogP contribution in [0.5, 0.6) is 0 Å². The van der Waals surface area contributed by atoms with E-state index in [1.807, 2.05) is 19.1 Å². The van der Waals surface area contributed by atoms with Crippen LogP contribution in [0.25, 0.3) is 6.08 Å². The van der Waals surface area contributed by atoms with Crippen molar-refractivity contribution in [3.8, 4) is 0 Å². The third kappa shape index (κ3) is 3.26. The first-order valence-electron chi connectivity index (χ1n) is 6.62. The molecule has 0 heterocycles. The molecule has 0 saturated heterocycles. The largest absolute Gasteiger partial charge is 0.478 e. The van der Waals surface area contributed by atoms with Crippen molar-refractivity contribution >= 4 is 23.6 Å². The standard InChI is InChI=1S/C16H19NO3/c1-10-4-6-12(8-11(10)5-7-14(18)19)17-15(20)13-9-16(13,2)3/h4-8,13H,9H2,1-3H3,(H,17,20)(H,18,19)/b7-5+. The smallest absolute Gasteiger partial charge is 0.328 e. The average Bonchev–Trinajstić information content (AvgIpc) is 2.99. The van der Waals surface area contributed by atoms with Crippen LogP contribution in [0, 0.1) is 18.3 Å². The van der Waals surface area contributed by atoms with Crippen molar-refractivity contribution in [3.05, 3.63) is 35.4 Å². The van der Waals surface area contributed by atoms with Crippen LogP contribution in [0.4, 0.5) is 5.69 Å². The minimum absolute atomic E-state index is 0.0343. The van der Waals surface area contributed by atoms with Gasteiger partial charge < -0.3 is 10.4 Å². The van der Waals surface area contributed by atoms with Gasteiger partial charge >= 0.3 is 5.97 Å². The Labute approximate surface area is 118 Å². The highest BCUT2D eigenvalue weighted by Crippen LogP contribution is 2.51. The summed E-state index contributed by atoms with van der Waals surface area (Å²) in [7, 11) is 0. The third-order valence-corrected chi connectivity index (χ3v) is 3.78. The van der Waals surface area contributed by atoms with Crippen molar-refractivity contribution < 1.29 is 14.7 Å². The number of nitrogens with one attached hydrogen (secondary N) is 1. The number of carboxylic acid groups (broad SMARTS) is 1. The number of anilines is 1. The van der Waals surface area contributed by atoms with E-state index >= 15 is 0 Å². The number of aliphatic carboxylic acids is 1. The Morgan fingerprint density at radius 1 is 1.40 bits per heavy atom. The Morgan fingerprint density at radius 3 is 2.60 bits per heavy atom. The van der Waals surface area contributed by atoms with Crippen LogP contribution >= 0.6 is 0 Å². The van der Waals surface area contributed by atoms with Crippen molar-refractivity contribution in [2.45, 2.75) is 27.2 Å². The zero-order valence-corrected chi connectivity index (χ0v) is 11.9. The maximum Gasteiger partial charge on any atom is 0.328 e. The molecule has 1 atom stereocenters. The molecule has 0 aliphatic heterocycles. The second kappa shape index (κ2) is 5.12. The fraction of sp³-hybridized carbons (Fsp3) is 0.375. The van der Waals surface area contributed by atoms with Crippen molar-refractivity contribution in [1.82, 2.24) is 0 Å². The van der Waals surface area contributed by atoms with Gasteiger partial charge in [-0.25, -0.2) is 4.79 Å². The van der Waals surface area contributed by atoms with Gasteiger partial charge in [0.1, 0.15) is 0 Å². The van der Waals surface area contributed by atoms with Gasteiger partial charge in [0.05, 0.1) is 0 Å². The minimum atomic E-state index is -0.987. The Bertz CT molecular complexity index is 587. The van der Waals surface area contributed by atoms with Crippen LogP contribution in [0.15, 0.2) is 24.3 Å². The van der Waals surface area contributed by atoms with Crippen molar-refractivity contribution in [3.63, 3.8) is 0 Å². The normalized spacial score (nSPS) is 19.9. The molecule has 0 radical (unpaired) electrons. The van der Waals surface area contributed by atoms with E-state index in [0.717, 1.165) is 23.6 Å². The summed E-state index contributed by atoms with van der Waals surface area (Å²) in [5.41, 5.74) is 2.56. The van der Waals surface area contributed by atoms with E-state index in [4.69, 9.17) is 5.11 Å². The number of rotatable bonds is 4. The molecular weight excluding hydrogens is 254 g/mol. The van der Waals surface area contributed by atoms with Gasteiger partial charge in [0.25, 0.3) is 0 Å². The van der Waals surface area contributed by atoms with Gasteiger partial charge in [0.2, 0.25) is 5.91 Å². The highest BCUT2D eigenvalue weighted by atomic mass is 16.4. The van der Waals surface area contributed by atoms with Crippen molar-refractivity contribution in [2.24, 2.45) is 11.3 Å². The molecular formula is C16H19NO3. The van der Waals surface area contributed by atoms with Gasteiger partial charge in [-0.05, 0) is 48.1 Å². The van der Waals surface area contributed by atoms with Crippen molar-refractivity contribution in [1.29, 1.82) is 0 Å². The highest BCUT2D eigenvalue weighted by molar-refractivity contribution is 5.95. The number of carbonyl (C=O) groups is 2. The predicted molar refractivity (Wildman–Crippen MR) is 78.4 cm³/mol. The summed E-state index contributed by atoms with van der Waals surface area (Å²) in [5, 5.41) is 11.6. The predicted octanol–water partition coefficient (Wildman–Crippen LogP) is 3.08. The van der Waals surface area contributed by atoms with E-state index in [9.17, 15) is 9.59 Å². The fourth-order valence-corrected chi connectivity index (χ4v) is 2.20. The van der Waals surface area contributed by atoms with E-state index in [0.29, 0.717) is 5.69 Å². The molecule has 1 aliphatic carbocycles. The molecule has 0 aromatic heterocycles. The molecule has 1 fully saturated rings. The lowest BCUT2D eigenvalue weighted by Crippen LogP contribution is -2.16. The van der Waals surface area contributed by atoms with Crippen LogP contribution in [0.2, 0.25) is 0 Å². The molecule has 1 aromatic rings. The van der Waals surface area contributed by atoms with Gasteiger partial charge in [-0.3, -0.25) is 4.79 Å². The number of aryl methyl sites for hydroxylation is 1. The van der Waals surface area contributed by atoms with E-state index in [-0.39, 0.29) is 17.2 Å². The Balaban J connectivity index is 2.11. The van der Waals surface area contributed by atoms with Gasteiger partial charge in [-0.1, -0.05) is 19.9 Å². The molecule has 4 heteroatoms. The Kier molecular flexibility index (Phi) is 3.66. The summed E-state index contributed by atoms with van der Waals surface area (Å²) in [6.45, 7) is 6.05. The summed E-state index contributed by atoms with van der Waals surface area (Å²) in [4.78, 5) is 22.6. The topological polar surface area (TPSA) is 66.4 Å². The molecule has 106 valence electrons. The number of carbonyl (C=O) groups excluding carboxylic acids is 1. The van der Waals surface area contributed by atoms with Gasteiger partial charge in [0, 0.05) is 17.7 Å². The van der Waals surface area contributed by atoms with E-state index in [1.165, 1.54) is 6.08 Å². The number of amides is 1. The molecule has 0 spiro atoms. The van der Waals surface area contributed by atoms with Crippen LogP contribution in [0.3, 0.4) is 0 Å². The maximum atomic E-state index is 12.0. The minimum Gasteiger partial charge on any atom is -0.478 e. The van der Waals surface area contributed by atoms with Crippen molar-refractivity contribution in [2.75, 3.05) is 5.32 Å². The fourth-order valence-electron chi connectivity index (χ4n) is 2.20. The SMILES string of the molecule is Cc1ccc(NC(=O)C2CC2(C)C)cc1/C=C/C(=O)O. The summed E-state index contributed by atoms with van der Waals surface area (Å²) >= 11 is 0. The molecule has 2 rings (SSSR count). The molecule has 2 N–H and O–H groups in total. The molecule has 20 heavy (non-hydrogen) atoms. The number of benzene rings is 1. The molecule has 0 bridgehead atoms. The lowest BCUT2D eigenvalue weighted by atomic mass is 10.1. The van der Waals surface area contributed by atoms with E-state index < -0.39 is 5.97 Å². The lowest BCUT2D eigenvalue weighted by molar-refractivity contribution is -0.131. The number of carboxylic acids is 1. The molecule has 1 unspecified atom stereocenters. The Hall–Kier alpha value is -2.10.